The summed E-state index contributed by atoms with van der Waals surface area (Å²) in [5.41, 5.74) is 0.165. The van der Waals surface area contributed by atoms with E-state index in [1.165, 1.54) is 12.1 Å². The van der Waals surface area contributed by atoms with Gasteiger partial charge in [0.05, 0.1) is 12.1 Å². The van der Waals surface area contributed by atoms with Crippen LogP contribution in [0.1, 0.15) is 24.0 Å². The summed E-state index contributed by atoms with van der Waals surface area (Å²) < 4.78 is 37.1. The number of rotatable bonds is 2. The zero-order valence-corrected chi connectivity index (χ0v) is 9.83. The van der Waals surface area contributed by atoms with Crippen molar-refractivity contribution in [2.24, 2.45) is 0 Å². The predicted molar refractivity (Wildman–Crippen MR) is 61.0 cm³/mol. The van der Waals surface area contributed by atoms with E-state index in [1.54, 1.807) is 0 Å². The molecular weight excluding hydrogens is 243 g/mol. The molecule has 0 bridgehead atoms. The zero-order chi connectivity index (χ0) is 13.2. The number of Topliss-reactive ketones (excluding diaryl/α,β-unsaturated/α-hetero) is 1. The monoisotopic (exact) mass is 257 g/mol. The Morgan fingerprint density at radius 1 is 1.17 bits per heavy atom. The number of nitrogens with zero attached hydrogens (tertiary/aromatic N) is 1. The van der Waals surface area contributed by atoms with Crippen LogP contribution in [0.5, 0.6) is 0 Å². The second kappa shape index (κ2) is 5.10. The number of carbonyl (C=O) groups excluding carboxylic acids is 1. The van der Waals surface area contributed by atoms with Crippen molar-refractivity contribution >= 4 is 5.78 Å². The van der Waals surface area contributed by atoms with Crippen LogP contribution < -0.4 is 0 Å². The Balaban J connectivity index is 2.00. The molecule has 1 aliphatic heterocycles. The van der Waals surface area contributed by atoms with Crippen molar-refractivity contribution in [3.05, 3.63) is 35.4 Å². The third kappa shape index (κ3) is 3.32. The van der Waals surface area contributed by atoms with Crippen molar-refractivity contribution in [3.63, 3.8) is 0 Å². The number of hydrogen-bond donors (Lipinski definition) is 0. The van der Waals surface area contributed by atoms with Gasteiger partial charge in [-0.1, -0.05) is 12.1 Å². The number of carbonyl (C=O) groups is 1. The first-order valence-corrected chi connectivity index (χ1v) is 5.85. The van der Waals surface area contributed by atoms with E-state index < -0.39 is 11.7 Å². The summed E-state index contributed by atoms with van der Waals surface area (Å²) in [7, 11) is 0. The highest BCUT2D eigenvalue weighted by Crippen LogP contribution is 2.29. The van der Waals surface area contributed by atoms with Crippen LogP contribution in [0.2, 0.25) is 0 Å². The molecular formula is C13H14F3NO. The molecule has 0 aromatic heterocycles. The minimum absolute atomic E-state index is 0.202. The molecule has 1 aliphatic rings. The lowest BCUT2D eigenvalue weighted by molar-refractivity contribution is -0.137. The molecule has 0 atom stereocenters. The number of likely N-dealkylation sites (tertiary alicyclic amines) is 1. The average Bonchev–Trinajstić information content (AvgIpc) is 2.28. The molecule has 2 rings (SSSR count). The minimum atomic E-state index is -4.29. The van der Waals surface area contributed by atoms with Crippen molar-refractivity contribution in [1.82, 2.24) is 4.90 Å². The SMILES string of the molecule is O=C1CCCN(Cc2ccc(C(F)(F)F)cc2)C1. The van der Waals surface area contributed by atoms with Crippen LogP contribution in [0.4, 0.5) is 13.2 Å². The van der Waals surface area contributed by atoms with Gasteiger partial charge in [0.25, 0.3) is 0 Å². The molecule has 0 unspecified atom stereocenters. The standard InChI is InChI=1S/C13H14F3NO/c14-13(15,16)11-5-3-10(4-6-11)8-17-7-1-2-12(18)9-17/h3-6H,1-2,7-9H2. The van der Waals surface area contributed by atoms with E-state index in [0.717, 1.165) is 30.7 Å². The van der Waals surface area contributed by atoms with E-state index in [1.807, 2.05) is 4.90 Å². The molecule has 1 aromatic rings. The summed E-state index contributed by atoms with van der Waals surface area (Å²) >= 11 is 0. The molecule has 2 nitrogen and oxygen atoms in total. The lowest BCUT2D eigenvalue weighted by Gasteiger charge is -2.25. The van der Waals surface area contributed by atoms with E-state index in [9.17, 15) is 18.0 Å². The van der Waals surface area contributed by atoms with Gasteiger partial charge in [-0.25, -0.2) is 0 Å². The Kier molecular flexibility index (Phi) is 3.71. The second-order valence-corrected chi connectivity index (χ2v) is 4.55. The Labute approximate surface area is 103 Å². The van der Waals surface area contributed by atoms with E-state index in [4.69, 9.17) is 0 Å². The van der Waals surface area contributed by atoms with Crippen LogP contribution >= 0.6 is 0 Å². The molecule has 5 heteroatoms. The van der Waals surface area contributed by atoms with Gasteiger partial charge in [0.2, 0.25) is 0 Å². The first kappa shape index (κ1) is 13.1. The molecule has 0 N–H and O–H groups in total. The number of alkyl halides is 3. The molecule has 0 saturated carbocycles. The third-order valence-electron chi connectivity index (χ3n) is 3.02. The van der Waals surface area contributed by atoms with Gasteiger partial charge >= 0.3 is 6.18 Å². The first-order chi connectivity index (χ1) is 8.45. The highest BCUT2D eigenvalue weighted by molar-refractivity contribution is 5.81. The van der Waals surface area contributed by atoms with Crippen LogP contribution in [0, 0.1) is 0 Å². The second-order valence-electron chi connectivity index (χ2n) is 4.55. The van der Waals surface area contributed by atoms with Crippen molar-refractivity contribution in [2.75, 3.05) is 13.1 Å². The fraction of sp³-hybridized carbons (Fsp3) is 0.462. The molecule has 0 aliphatic carbocycles. The fourth-order valence-corrected chi connectivity index (χ4v) is 2.10. The third-order valence-corrected chi connectivity index (χ3v) is 3.02. The molecule has 0 amide bonds. The Bertz CT molecular complexity index is 425. The van der Waals surface area contributed by atoms with Gasteiger partial charge < -0.3 is 0 Å². The maximum absolute atomic E-state index is 12.4. The van der Waals surface area contributed by atoms with Gasteiger partial charge in [-0.05, 0) is 30.7 Å². The highest BCUT2D eigenvalue weighted by Gasteiger charge is 2.30. The summed E-state index contributed by atoms with van der Waals surface area (Å²) in [4.78, 5) is 13.2. The van der Waals surface area contributed by atoms with E-state index in [-0.39, 0.29) is 5.78 Å². The van der Waals surface area contributed by atoms with E-state index in [0.29, 0.717) is 19.5 Å². The maximum Gasteiger partial charge on any atom is 0.416 e. The minimum Gasteiger partial charge on any atom is -0.298 e. The van der Waals surface area contributed by atoms with Gasteiger partial charge in [-0.3, -0.25) is 9.69 Å². The largest absolute Gasteiger partial charge is 0.416 e. The predicted octanol–water partition coefficient (Wildman–Crippen LogP) is 2.87. The smallest absolute Gasteiger partial charge is 0.298 e. The molecule has 0 spiro atoms. The Morgan fingerprint density at radius 2 is 1.83 bits per heavy atom. The van der Waals surface area contributed by atoms with Crippen molar-refractivity contribution < 1.29 is 18.0 Å². The van der Waals surface area contributed by atoms with Gasteiger partial charge in [-0.15, -0.1) is 0 Å². The topological polar surface area (TPSA) is 20.3 Å². The quantitative estimate of drug-likeness (QED) is 0.812. The fourth-order valence-electron chi connectivity index (χ4n) is 2.10. The normalized spacial score (nSPS) is 18.1. The van der Waals surface area contributed by atoms with E-state index in [2.05, 4.69) is 0 Å². The molecule has 1 heterocycles. The lowest BCUT2D eigenvalue weighted by atomic mass is 10.1. The van der Waals surface area contributed by atoms with Crippen LogP contribution in [0.3, 0.4) is 0 Å². The van der Waals surface area contributed by atoms with Gasteiger partial charge in [0.15, 0.2) is 0 Å². The summed E-state index contributed by atoms with van der Waals surface area (Å²) in [6.07, 6.45) is -2.84. The number of ketones is 1. The number of hydrogen-bond acceptors (Lipinski definition) is 2. The number of piperidine rings is 1. The molecule has 98 valence electrons. The summed E-state index contributed by atoms with van der Waals surface area (Å²) in [6.45, 7) is 1.76. The van der Waals surface area contributed by atoms with Gasteiger partial charge in [0.1, 0.15) is 5.78 Å². The molecule has 1 fully saturated rings. The number of halogens is 3. The van der Waals surface area contributed by atoms with Crippen LogP contribution in [0.25, 0.3) is 0 Å². The van der Waals surface area contributed by atoms with Crippen LogP contribution in [-0.2, 0) is 17.5 Å². The Hall–Kier alpha value is -1.36. The van der Waals surface area contributed by atoms with Crippen LogP contribution in [-0.4, -0.2) is 23.8 Å². The van der Waals surface area contributed by atoms with Crippen molar-refractivity contribution in [3.8, 4) is 0 Å². The van der Waals surface area contributed by atoms with Crippen LogP contribution in [0.15, 0.2) is 24.3 Å². The summed E-state index contributed by atoms with van der Waals surface area (Å²) in [6, 6.07) is 5.12. The van der Waals surface area contributed by atoms with Crippen molar-refractivity contribution in [1.29, 1.82) is 0 Å². The van der Waals surface area contributed by atoms with E-state index >= 15 is 0 Å². The average molecular weight is 257 g/mol. The Morgan fingerprint density at radius 3 is 2.39 bits per heavy atom. The molecule has 0 radical (unpaired) electrons. The first-order valence-electron chi connectivity index (χ1n) is 5.85. The molecule has 1 saturated heterocycles. The van der Waals surface area contributed by atoms with Gasteiger partial charge in [-0.2, -0.15) is 13.2 Å². The summed E-state index contributed by atoms with van der Waals surface area (Å²) in [5.74, 6) is 0.202. The highest BCUT2D eigenvalue weighted by atomic mass is 19.4. The number of benzene rings is 1. The van der Waals surface area contributed by atoms with Gasteiger partial charge in [0, 0.05) is 13.0 Å². The lowest BCUT2D eigenvalue weighted by Crippen LogP contribution is -2.34. The zero-order valence-electron chi connectivity index (χ0n) is 9.83. The maximum atomic E-state index is 12.4. The molecule has 18 heavy (non-hydrogen) atoms. The molecule has 1 aromatic carbocycles. The van der Waals surface area contributed by atoms with Crippen molar-refractivity contribution in [2.45, 2.75) is 25.6 Å². The summed E-state index contributed by atoms with van der Waals surface area (Å²) in [5, 5.41) is 0.